The number of carbonyl (C=O) groups is 2. The molecule has 0 saturated heterocycles. The molecule has 0 bridgehead atoms. The van der Waals surface area contributed by atoms with Crippen LogP contribution in [0, 0.1) is 0 Å². The van der Waals surface area contributed by atoms with Gasteiger partial charge in [0, 0.05) is 18.5 Å². The van der Waals surface area contributed by atoms with E-state index in [9.17, 15) is 18.0 Å². The molecule has 1 atom stereocenters. The predicted octanol–water partition coefficient (Wildman–Crippen LogP) is 5.84. The highest BCUT2D eigenvalue weighted by atomic mass is 32.2. The number of ether oxygens (including phenoxy) is 1. The number of hydrogen-bond donors (Lipinski definition) is 1. The van der Waals surface area contributed by atoms with Gasteiger partial charge in [-0.05, 0) is 75.2 Å². The molecule has 4 rings (SSSR count). The van der Waals surface area contributed by atoms with Crippen LogP contribution < -0.4 is 14.4 Å². The van der Waals surface area contributed by atoms with E-state index in [1.54, 1.807) is 42.5 Å². The van der Waals surface area contributed by atoms with Crippen molar-refractivity contribution < 1.29 is 22.7 Å². The molecule has 8 nitrogen and oxygen atoms in total. The van der Waals surface area contributed by atoms with E-state index in [-0.39, 0.29) is 23.8 Å². The van der Waals surface area contributed by atoms with Gasteiger partial charge in [-0.2, -0.15) is 0 Å². The van der Waals surface area contributed by atoms with Gasteiger partial charge in [-0.15, -0.1) is 0 Å². The first-order valence-electron chi connectivity index (χ1n) is 15.0. The SMILES string of the molecule is CCOc1ccc(N(CC(=O)N(Cc2ccccc2)[C@H](Cc2ccccc2)C(=O)NC(C)(C)C)S(=O)(=O)c2ccccc2)cc1. The molecule has 0 saturated carbocycles. The summed E-state index contributed by atoms with van der Waals surface area (Å²) in [6, 6.07) is 32.5. The Morgan fingerprint density at radius 1 is 0.778 bits per heavy atom. The maximum Gasteiger partial charge on any atom is 0.264 e. The Morgan fingerprint density at radius 3 is 1.84 bits per heavy atom. The maximum atomic E-state index is 14.5. The zero-order chi connectivity index (χ0) is 32.5. The summed E-state index contributed by atoms with van der Waals surface area (Å²) >= 11 is 0. The zero-order valence-electron chi connectivity index (χ0n) is 26.2. The molecule has 0 radical (unpaired) electrons. The van der Waals surface area contributed by atoms with Gasteiger partial charge < -0.3 is 15.0 Å². The Labute approximate surface area is 266 Å². The molecule has 236 valence electrons. The van der Waals surface area contributed by atoms with Crippen molar-refractivity contribution >= 4 is 27.5 Å². The van der Waals surface area contributed by atoms with Crippen molar-refractivity contribution in [3.8, 4) is 5.75 Å². The van der Waals surface area contributed by atoms with Gasteiger partial charge in [-0.25, -0.2) is 8.42 Å². The number of benzene rings is 4. The standard InChI is InChI=1S/C36H41N3O5S/c1-5-44-31-23-21-30(22-24-31)39(45(42,43)32-19-13-8-14-20-32)27-34(40)38(26-29-17-11-7-12-18-29)33(35(41)37-36(2,3)4)25-28-15-9-6-10-16-28/h6-24,33H,5,25-27H2,1-4H3,(H,37,41)/t33-/m1/s1. The number of hydrogen-bond acceptors (Lipinski definition) is 5. The topological polar surface area (TPSA) is 96.0 Å². The van der Waals surface area contributed by atoms with Gasteiger partial charge >= 0.3 is 0 Å². The highest BCUT2D eigenvalue weighted by Gasteiger charge is 2.35. The molecule has 0 unspecified atom stereocenters. The molecule has 4 aromatic rings. The van der Waals surface area contributed by atoms with Gasteiger partial charge in [0.25, 0.3) is 10.0 Å². The van der Waals surface area contributed by atoms with Gasteiger partial charge in [-0.3, -0.25) is 13.9 Å². The third kappa shape index (κ3) is 9.18. The summed E-state index contributed by atoms with van der Waals surface area (Å²) in [5.74, 6) is -0.261. The van der Waals surface area contributed by atoms with Crippen molar-refractivity contribution in [2.24, 2.45) is 0 Å². The van der Waals surface area contributed by atoms with E-state index >= 15 is 0 Å². The minimum atomic E-state index is -4.17. The average Bonchev–Trinajstić information content (AvgIpc) is 3.02. The second kappa shape index (κ2) is 14.9. The molecule has 0 aliphatic carbocycles. The molecule has 2 amide bonds. The van der Waals surface area contributed by atoms with Crippen molar-refractivity contribution in [3.05, 3.63) is 126 Å². The third-order valence-corrected chi connectivity index (χ3v) is 8.80. The van der Waals surface area contributed by atoms with Crippen molar-refractivity contribution in [1.29, 1.82) is 0 Å². The van der Waals surface area contributed by atoms with Gasteiger partial charge in [0.2, 0.25) is 11.8 Å². The first kappa shape index (κ1) is 33.3. The van der Waals surface area contributed by atoms with Gasteiger partial charge in [0.05, 0.1) is 17.2 Å². The van der Waals surface area contributed by atoms with Crippen LogP contribution in [0.5, 0.6) is 5.75 Å². The van der Waals surface area contributed by atoms with Crippen molar-refractivity contribution in [2.75, 3.05) is 17.5 Å². The first-order valence-corrected chi connectivity index (χ1v) is 16.4. The second-order valence-corrected chi connectivity index (χ2v) is 13.6. The molecule has 0 aliphatic rings. The lowest BCUT2D eigenvalue weighted by Gasteiger charge is -2.35. The van der Waals surface area contributed by atoms with Crippen LogP contribution in [0.15, 0.2) is 120 Å². The molecule has 9 heteroatoms. The number of rotatable bonds is 13. The van der Waals surface area contributed by atoms with Crippen LogP contribution in [0.3, 0.4) is 0 Å². The van der Waals surface area contributed by atoms with E-state index in [0.717, 1.165) is 15.4 Å². The van der Waals surface area contributed by atoms with Crippen LogP contribution in [-0.4, -0.2) is 49.9 Å². The van der Waals surface area contributed by atoms with Crippen LogP contribution >= 0.6 is 0 Å². The minimum absolute atomic E-state index is 0.0487. The van der Waals surface area contributed by atoms with Gasteiger partial charge in [0.15, 0.2) is 0 Å². The highest BCUT2D eigenvalue weighted by Crippen LogP contribution is 2.27. The monoisotopic (exact) mass is 627 g/mol. The smallest absolute Gasteiger partial charge is 0.264 e. The number of nitrogens with one attached hydrogen (secondary N) is 1. The highest BCUT2D eigenvalue weighted by molar-refractivity contribution is 7.92. The van der Waals surface area contributed by atoms with Gasteiger partial charge in [0.1, 0.15) is 18.3 Å². The van der Waals surface area contributed by atoms with E-state index in [1.807, 2.05) is 88.4 Å². The fourth-order valence-electron chi connectivity index (χ4n) is 4.91. The average molecular weight is 628 g/mol. The lowest BCUT2D eigenvalue weighted by Crippen LogP contribution is -2.56. The summed E-state index contributed by atoms with van der Waals surface area (Å²) in [5, 5.41) is 3.04. The Bertz CT molecular complexity index is 1640. The van der Waals surface area contributed by atoms with E-state index in [4.69, 9.17) is 4.74 Å². The largest absolute Gasteiger partial charge is 0.494 e. The van der Waals surface area contributed by atoms with Crippen LogP contribution in [0.25, 0.3) is 0 Å². The summed E-state index contributed by atoms with van der Waals surface area (Å²) in [7, 11) is -4.17. The maximum absolute atomic E-state index is 14.5. The molecule has 1 N–H and O–H groups in total. The Balaban J connectivity index is 1.79. The van der Waals surface area contributed by atoms with Crippen LogP contribution in [0.1, 0.15) is 38.8 Å². The molecular weight excluding hydrogens is 586 g/mol. The molecule has 0 aliphatic heterocycles. The Morgan fingerprint density at radius 2 is 1.31 bits per heavy atom. The fourth-order valence-corrected chi connectivity index (χ4v) is 6.35. The third-order valence-electron chi connectivity index (χ3n) is 7.01. The lowest BCUT2D eigenvalue weighted by molar-refractivity contribution is -0.140. The van der Waals surface area contributed by atoms with E-state index in [0.29, 0.717) is 18.0 Å². The number of amides is 2. The summed E-state index contributed by atoms with van der Waals surface area (Å²) in [6.45, 7) is 7.55. The number of nitrogens with zero attached hydrogens (tertiary/aromatic N) is 2. The van der Waals surface area contributed by atoms with E-state index in [1.165, 1.54) is 17.0 Å². The molecule has 45 heavy (non-hydrogen) atoms. The molecule has 0 spiro atoms. The summed E-state index contributed by atoms with van der Waals surface area (Å²) < 4.78 is 34.8. The summed E-state index contributed by atoms with van der Waals surface area (Å²) in [5.41, 5.74) is 1.43. The van der Waals surface area contributed by atoms with E-state index < -0.39 is 34.1 Å². The summed E-state index contributed by atoms with van der Waals surface area (Å²) in [6.07, 6.45) is 0.246. The Hall–Kier alpha value is -4.63. The van der Waals surface area contributed by atoms with Gasteiger partial charge in [-0.1, -0.05) is 78.9 Å². The lowest BCUT2D eigenvalue weighted by atomic mass is 10.0. The van der Waals surface area contributed by atoms with E-state index in [2.05, 4.69) is 5.32 Å². The molecule has 0 aromatic heterocycles. The molecule has 0 heterocycles. The predicted molar refractivity (Wildman–Crippen MR) is 177 cm³/mol. The number of anilines is 1. The van der Waals surface area contributed by atoms with Crippen LogP contribution in [0.4, 0.5) is 5.69 Å². The molecule has 0 fully saturated rings. The minimum Gasteiger partial charge on any atom is -0.494 e. The van der Waals surface area contributed by atoms with Crippen molar-refractivity contribution in [2.45, 2.75) is 57.1 Å². The molecular formula is C36H41N3O5S. The van der Waals surface area contributed by atoms with Crippen molar-refractivity contribution in [3.63, 3.8) is 0 Å². The number of carbonyl (C=O) groups excluding carboxylic acids is 2. The second-order valence-electron chi connectivity index (χ2n) is 11.7. The number of sulfonamides is 1. The Kier molecular flexibility index (Phi) is 11.0. The van der Waals surface area contributed by atoms with Crippen LogP contribution in [0.2, 0.25) is 0 Å². The van der Waals surface area contributed by atoms with Crippen LogP contribution in [-0.2, 0) is 32.6 Å². The normalized spacial score (nSPS) is 12.2. The van der Waals surface area contributed by atoms with Crippen molar-refractivity contribution in [1.82, 2.24) is 10.2 Å². The summed E-state index contributed by atoms with van der Waals surface area (Å²) in [4.78, 5) is 30.0. The fraction of sp³-hybridized carbons (Fsp3) is 0.278. The quantitative estimate of drug-likeness (QED) is 0.201. The first-order chi connectivity index (χ1) is 21.5. The molecule has 4 aromatic carbocycles. The zero-order valence-corrected chi connectivity index (χ0v) is 27.0.